The molecule has 0 aliphatic heterocycles. The van der Waals surface area contributed by atoms with E-state index >= 15 is 0 Å². The van der Waals surface area contributed by atoms with Gasteiger partial charge in [-0.2, -0.15) is 0 Å². The maximum Gasteiger partial charge on any atom is 0.251 e. The van der Waals surface area contributed by atoms with Crippen LogP contribution in [-0.2, 0) is 0 Å². The van der Waals surface area contributed by atoms with Gasteiger partial charge in [0.05, 0.1) is 6.10 Å². The number of hydrogen-bond donors (Lipinski definition) is 2. The van der Waals surface area contributed by atoms with Gasteiger partial charge in [-0.25, -0.2) is 8.78 Å². The van der Waals surface area contributed by atoms with Gasteiger partial charge in [-0.05, 0) is 25.0 Å². The molecule has 17 heavy (non-hydrogen) atoms. The first-order chi connectivity index (χ1) is 8.02. The predicted molar refractivity (Wildman–Crippen MR) is 59.6 cm³/mol. The molecule has 0 saturated carbocycles. The number of aliphatic hydroxyl groups excluding tert-OH is 1. The third-order valence-electron chi connectivity index (χ3n) is 2.36. The average Bonchev–Trinajstić information content (AvgIpc) is 2.27. The fraction of sp³-hybridized carbons (Fsp3) is 0.417. The Morgan fingerprint density at radius 3 is 2.47 bits per heavy atom. The summed E-state index contributed by atoms with van der Waals surface area (Å²) < 4.78 is 25.7. The molecule has 0 fully saturated rings. The molecule has 2 N–H and O–H groups in total. The summed E-state index contributed by atoms with van der Waals surface area (Å²) in [5.41, 5.74) is -0.0616. The Morgan fingerprint density at radius 1 is 1.35 bits per heavy atom. The number of carbonyl (C=O) groups excluding carboxylic acids is 1. The van der Waals surface area contributed by atoms with Gasteiger partial charge in [0.15, 0.2) is 0 Å². The molecule has 5 heteroatoms. The molecule has 1 amide bonds. The lowest BCUT2D eigenvalue weighted by atomic mass is 10.2. The summed E-state index contributed by atoms with van der Waals surface area (Å²) in [5.74, 6) is -2.13. The fourth-order valence-corrected chi connectivity index (χ4v) is 1.34. The largest absolute Gasteiger partial charge is 0.393 e. The molecule has 1 rings (SSSR count). The summed E-state index contributed by atoms with van der Waals surface area (Å²) in [4.78, 5) is 11.5. The van der Waals surface area contributed by atoms with Crippen molar-refractivity contribution in [1.82, 2.24) is 5.32 Å². The van der Waals surface area contributed by atoms with E-state index in [4.69, 9.17) is 0 Å². The van der Waals surface area contributed by atoms with E-state index in [-0.39, 0.29) is 12.1 Å². The van der Waals surface area contributed by atoms with Crippen LogP contribution in [0.4, 0.5) is 8.78 Å². The molecule has 1 aromatic rings. The van der Waals surface area contributed by atoms with Crippen molar-refractivity contribution in [3.63, 3.8) is 0 Å². The molecule has 3 nitrogen and oxygen atoms in total. The second-order valence-electron chi connectivity index (χ2n) is 3.76. The first-order valence-electron chi connectivity index (χ1n) is 5.45. The van der Waals surface area contributed by atoms with Crippen molar-refractivity contribution in [3.05, 3.63) is 35.4 Å². The third-order valence-corrected chi connectivity index (χ3v) is 2.36. The Balaban J connectivity index is 2.52. The SMILES string of the molecule is CCC(O)CCNC(=O)c1cc(F)cc(F)c1. The van der Waals surface area contributed by atoms with Crippen molar-refractivity contribution < 1.29 is 18.7 Å². The van der Waals surface area contributed by atoms with Crippen molar-refractivity contribution in [1.29, 1.82) is 0 Å². The van der Waals surface area contributed by atoms with E-state index in [1.54, 1.807) is 0 Å². The average molecular weight is 243 g/mol. The number of aliphatic hydroxyl groups is 1. The highest BCUT2D eigenvalue weighted by Gasteiger charge is 2.09. The van der Waals surface area contributed by atoms with Crippen molar-refractivity contribution in [2.45, 2.75) is 25.9 Å². The van der Waals surface area contributed by atoms with Gasteiger partial charge in [0, 0.05) is 18.2 Å². The van der Waals surface area contributed by atoms with Crippen LogP contribution in [-0.4, -0.2) is 23.7 Å². The van der Waals surface area contributed by atoms with Crippen LogP contribution < -0.4 is 5.32 Å². The molecule has 0 spiro atoms. The van der Waals surface area contributed by atoms with Crippen LogP contribution in [0.15, 0.2) is 18.2 Å². The van der Waals surface area contributed by atoms with E-state index < -0.39 is 23.6 Å². The number of halogens is 2. The fourth-order valence-electron chi connectivity index (χ4n) is 1.34. The highest BCUT2D eigenvalue weighted by Crippen LogP contribution is 2.07. The molecule has 0 aromatic heterocycles. The lowest BCUT2D eigenvalue weighted by Crippen LogP contribution is -2.27. The van der Waals surface area contributed by atoms with Crippen molar-refractivity contribution >= 4 is 5.91 Å². The number of benzene rings is 1. The van der Waals surface area contributed by atoms with Crippen molar-refractivity contribution in [3.8, 4) is 0 Å². The maximum atomic E-state index is 12.8. The number of amides is 1. The zero-order valence-electron chi connectivity index (χ0n) is 9.54. The second-order valence-corrected chi connectivity index (χ2v) is 3.76. The van der Waals surface area contributed by atoms with Crippen molar-refractivity contribution in [2.75, 3.05) is 6.54 Å². The Kier molecular flexibility index (Phi) is 5.03. The molecule has 0 radical (unpaired) electrons. The molecule has 1 atom stereocenters. The summed E-state index contributed by atoms with van der Waals surface area (Å²) in [7, 11) is 0. The molecule has 0 aliphatic rings. The van der Waals surface area contributed by atoms with Crippen molar-refractivity contribution in [2.24, 2.45) is 0 Å². The van der Waals surface area contributed by atoms with Gasteiger partial charge in [-0.1, -0.05) is 6.92 Å². The Labute approximate surface area is 98.5 Å². The number of rotatable bonds is 5. The molecule has 1 aromatic carbocycles. The highest BCUT2D eigenvalue weighted by atomic mass is 19.1. The quantitative estimate of drug-likeness (QED) is 0.829. The second kappa shape index (κ2) is 6.30. The van der Waals surface area contributed by atoms with Gasteiger partial charge in [0.2, 0.25) is 0 Å². The molecular weight excluding hydrogens is 228 g/mol. The van der Waals surface area contributed by atoms with E-state index in [1.165, 1.54) is 0 Å². The van der Waals surface area contributed by atoms with Gasteiger partial charge >= 0.3 is 0 Å². The van der Waals surface area contributed by atoms with E-state index in [2.05, 4.69) is 5.32 Å². The zero-order chi connectivity index (χ0) is 12.8. The standard InChI is InChI=1S/C12H15F2NO2/c1-2-11(16)3-4-15-12(17)8-5-9(13)7-10(14)6-8/h5-7,11,16H,2-4H2,1H3,(H,15,17). The monoisotopic (exact) mass is 243 g/mol. The summed E-state index contributed by atoms with van der Waals surface area (Å²) >= 11 is 0. The van der Waals surface area contributed by atoms with Crippen LogP contribution in [0, 0.1) is 11.6 Å². The van der Waals surface area contributed by atoms with E-state index in [0.717, 1.165) is 12.1 Å². The summed E-state index contributed by atoms with van der Waals surface area (Å²) in [6.45, 7) is 2.10. The molecule has 94 valence electrons. The Bertz CT molecular complexity index is 376. The molecule has 1 unspecified atom stereocenters. The molecule has 0 heterocycles. The maximum absolute atomic E-state index is 12.8. The lowest BCUT2D eigenvalue weighted by molar-refractivity contribution is 0.0941. The number of hydrogen-bond acceptors (Lipinski definition) is 2. The van der Waals surface area contributed by atoms with Crippen LogP contribution in [0.3, 0.4) is 0 Å². The van der Waals surface area contributed by atoms with Crippen LogP contribution in [0.5, 0.6) is 0 Å². The van der Waals surface area contributed by atoms with Gasteiger partial charge in [0.1, 0.15) is 11.6 Å². The molecule has 0 aliphatic carbocycles. The number of carbonyl (C=O) groups is 1. The van der Waals surface area contributed by atoms with Gasteiger partial charge < -0.3 is 10.4 Å². The summed E-state index contributed by atoms with van der Waals surface area (Å²) in [6.07, 6.45) is 0.546. The Morgan fingerprint density at radius 2 is 1.94 bits per heavy atom. The predicted octanol–water partition coefficient (Wildman–Crippen LogP) is 1.86. The van der Waals surface area contributed by atoms with E-state index in [0.29, 0.717) is 18.9 Å². The van der Waals surface area contributed by atoms with Crippen LogP contribution >= 0.6 is 0 Å². The lowest BCUT2D eigenvalue weighted by Gasteiger charge is -2.09. The Hall–Kier alpha value is -1.49. The van der Waals surface area contributed by atoms with E-state index in [1.807, 2.05) is 6.92 Å². The molecule has 0 bridgehead atoms. The van der Waals surface area contributed by atoms with Crippen LogP contribution in [0.25, 0.3) is 0 Å². The molecular formula is C12H15F2NO2. The number of nitrogens with one attached hydrogen (secondary N) is 1. The van der Waals surface area contributed by atoms with Gasteiger partial charge in [-0.3, -0.25) is 4.79 Å². The smallest absolute Gasteiger partial charge is 0.251 e. The summed E-state index contributed by atoms with van der Waals surface area (Å²) in [5, 5.41) is 11.7. The van der Waals surface area contributed by atoms with Gasteiger partial charge in [0.25, 0.3) is 5.91 Å². The highest BCUT2D eigenvalue weighted by molar-refractivity contribution is 5.94. The van der Waals surface area contributed by atoms with E-state index in [9.17, 15) is 18.7 Å². The molecule has 0 saturated heterocycles. The zero-order valence-corrected chi connectivity index (χ0v) is 9.54. The first-order valence-corrected chi connectivity index (χ1v) is 5.45. The minimum atomic E-state index is -0.788. The first kappa shape index (κ1) is 13.6. The topological polar surface area (TPSA) is 49.3 Å². The minimum absolute atomic E-state index is 0.0616. The normalized spacial score (nSPS) is 12.2. The summed E-state index contributed by atoms with van der Waals surface area (Å²) in [6, 6.07) is 2.64. The van der Waals surface area contributed by atoms with Gasteiger partial charge in [-0.15, -0.1) is 0 Å². The van der Waals surface area contributed by atoms with Crippen LogP contribution in [0.2, 0.25) is 0 Å². The minimum Gasteiger partial charge on any atom is -0.393 e. The third kappa shape index (κ3) is 4.48. The van der Waals surface area contributed by atoms with Crippen LogP contribution in [0.1, 0.15) is 30.1 Å².